The third kappa shape index (κ3) is 12.7. The molecule has 108 heavy (non-hydrogen) atoms. The van der Waals surface area contributed by atoms with Crippen LogP contribution in [0.25, 0.3) is 0 Å². The maximum atomic E-state index is 14.0. The van der Waals surface area contributed by atoms with E-state index in [4.69, 9.17) is 47.4 Å². The minimum atomic E-state index is -1.43. The number of aliphatic hydroxyl groups is 5. The fourth-order valence-corrected chi connectivity index (χ4v) is 26.3. The number of aliphatic hydroxyl groups excluding tert-OH is 5. The van der Waals surface area contributed by atoms with Crippen LogP contribution in [0.4, 0.5) is 0 Å². The van der Waals surface area contributed by atoms with Crippen LogP contribution >= 0.6 is 0 Å². The minimum Gasteiger partial charge on any atom is -0.462 e. The molecule has 0 aromatic heterocycles. The van der Waals surface area contributed by atoms with E-state index in [-0.39, 0.29) is 60.8 Å². The van der Waals surface area contributed by atoms with Crippen molar-refractivity contribution in [3.63, 3.8) is 0 Å². The molecule has 30 atom stereocenters. The predicted octanol–water partition coefficient (Wildman–Crippen LogP) is 5.73. The zero-order valence-corrected chi connectivity index (χ0v) is 65.5. The largest absolute Gasteiger partial charge is 0.462 e. The number of Topliss-reactive ketones (excluding diaryl/α,β-unsaturated/α-hetero) is 3. The van der Waals surface area contributed by atoms with Crippen LogP contribution < -0.4 is 0 Å². The number of carbonyl (C=O) groups is 13. The molecule has 28 nitrogen and oxygen atoms in total. The SMILES string of the molecule is C=C1C(=O)[C@]23C[C@H]1C[C@@H](O)[C@H]2[C@]1(C)C[C@H](OC(C)=O)[C@H](OC(C)=O)C(C)(C)[C@H]1[C@@H](OC(C)=O)[C@@H]3O.C=C1C(=O)[C@]23C[C@H]1C[C@H](O)[C@H]2[C@]1(C)C[C@H](OC(C)=O)[C@H](OC(C)=O)C(C)(C)[C@H]1[C@@H](OC(C)=O)[C@@H]3O.C=C1C(=O)[C@]23C[C@H]1C[C@H](OC(C)=O)[C@H]2[C@]1(C)C[C@H](OC(C)=O)[C@H](OC(C)=O)C(C)(C)[C@H]1[C@@H](OC(C)=O)[C@@H]3O. The summed E-state index contributed by atoms with van der Waals surface area (Å²) < 4.78 is 57.3. The highest BCUT2D eigenvalue weighted by atomic mass is 16.6. The van der Waals surface area contributed by atoms with Gasteiger partial charge in [-0.2, -0.15) is 0 Å². The van der Waals surface area contributed by atoms with Gasteiger partial charge in [0.15, 0.2) is 17.3 Å². The molecule has 0 unspecified atom stereocenters. The van der Waals surface area contributed by atoms with Gasteiger partial charge in [-0.25, -0.2) is 0 Å². The Bertz CT molecular complexity index is 3670. The first kappa shape index (κ1) is 83.2. The molecular weight excluding hydrogens is 1410 g/mol. The van der Waals surface area contributed by atoms with Crippen molar-refractivity contribution in [2.45, 2.75) is 281 Å². The van der Waals surface area contributed by atoms with Crippen molar-refractivity contribution in [2.24, 2.45) is 102 Å². The first-order chi connectivity index (χ1) is 49.6. The van der Waals surface area contributed by atoms with Crippen LogP contribution in [0.15, 0.2) is 36.5 Å². The maximum Gasteiger partial charge on any atom is 0.303 e. The van der Waals surface area contributed by atoms with E-state index in [1.807, 2.05) is 62.3 Å². The van der Waals surface area contributed by atoms with E-state index in [1.54, 1.807) is 0 Å². The molecule has 0 aromatic carbocycles. The molecule has 0 aliphatic heterocycles. The van der Waals surface area contributed by atoms with Gasteiger partial charge in [-0.15, -0.1) is 0 Å². The normalized spacial score (nSPS) is 44.7. The lowest BCUT2D eigenvalue weighted by atomic mass is 9.38. The van der Waals surface area contributed by atoms with Gasteiger partial charge in [-0.3, -0.25) is 62.3 Å². The fraction of sp³-hybridized carbons (Fsp3) is 0.762. The molecule has 6 bridgehead atoms. The second-order valence-corrected chi connectivity index (χ2v) is 35.9. The van der Waals surface area contributed by atoms with Crippen LogP contribution in [0, 0.1) is 102 Å². The molecule has 0 radical (unpaired) electrons. The zero-order valence-electron chi connectivity index (χ0n) is 65.5. The Balaban J connectivity index is 0.000000173. The lowest BCUT2D eigenvalue weighted by Crippen LogP contribution is -2.75. The molecule has 12 rings (SSSR count). The average molecular weight is 1520 g/mol. The molecule has 12 fully saturated rings. The number of allylic oxidation sites excluding steroid dienone is 3. The van der Waals surface area contributed by atoms with E-state index in [2.05, 4.69) is 19.7 Å². The van der Waals surface area contributed by atoms with Crippen LogP contribution in [-0.2, 0) is 110 Å². The third-order valence-electron chi connectivity index (χ3n) is 28.1. The topological polar surface area (TPSA) is 415 Å². The molecule has 12 saturated carbocycles. The predicted molar refractivity (Wildman–Crippen MR) is 374 cm³/mol. The second-order valence-electron chi connectivity index (χ2n) is 35.9. The van der Waals surface area contributed by atoms with Crippen molar-refractivity contribution in [2.75, 3.05) is 0 Å². The number of carbonyl (C=O) groups excluding carboxylic acids is 13. The first-order valence-corrected chi connectivity index (χ1v) is 37.5. The van der Waals surface area contributed by atoms with Crippen LogP contribution in [-0.4, -0.2) is 194 Å². The number of rotatable bonds is 10. The molecule has 3 spiro atoms. The maximum absolute atomic E-state index is 14.0. The van der Waals surface area contributed by atoms with E-state index < -0.39 is 235 Å². The van der Waals surface area contributed by atoms with Crippen LogP contribution in [0.2, 0.25) is 0 Å². The number of esters is 10. The summed E-state index contributed by atoms with van der Waals surface area (Å²) in [5, 5.41) is 58.6. The highest BCUT2D eigenvalue weighted by Gasteiger charge is 2.82. The summed E-state index contributed by atoms with van der Waals surface area (Å²) in [4.78, 5) is 163. The Kier molecular flexibility index (Phi) is 21.7. The Morgan fingerprint density at radius 3 is 0.750 bits per heavy atom. The monoisotopic (exact) mass is 1520 g/mol. The molecule has 0 heterocycles. The van der Waals surface area contributed by atoms with E-state index in [9.17, 15) is 87.9 Å². The van der Waals surface area contributed by atoms with Gasteiger partial charge in [-0.05, 0) is 109 Å². The Morgan fingerprint density at radius 2 is 0.509 bits per heavy atom. The molecule has 5 N–H and O–H groups in total. The summed E-state index contributed by atoms with van der Waals surface area (Å²) in [5.74, 6) is -11.6. The first-order valence-electron chi connectivity index (χ1n) is 37.5. The van der Waals surface area contributed by atoms with E-state index in [0.29, 0.717) is 48.8 Å². The van der Waals surface area contributed by atoms with Crippen molar-refractivity contribution >= 4 is 77.0 Å². The summed E-state index contributed by atoms with van der Waals surface area (Å²) in [6.45, 7) is 41.1. The van der Waals surface area contributed by atoms with Gasteiger partial charge >= 0.3 is 59.7 Å². The summed E-state index contributed by atoms with van der Waals surface area (Å²) in [6, 6.07) is 0. The van der Waals surface area contributed by atoms with Crippen LogP contribution in [0.1, 0.15) is 189 Å². The lowest BCUT2D eigenvalue weighted by molar-refractivity contribution is -0.299. The van der Waals surface area contributed by atoms with Crippen molar-refractivity contribution in [3.05, 3.63) is 36.5 Å². The molecule has 0 amide bonds. The average Bonchev–Trinajstić information content (AvgIpc) is 1.34. The molecule has 12 aliphatic rings. The third-order valence-corrected chi connectivity index (χ3v) is 28.1. The van der Waals surface area contributed by atoms with E-state index >= 15 is 0 Å². The van der Waals surface area contributed by atoms with Gasteiger partial charge in [-0.1, -0.05) is 82.1 Å². The van der Waals surface area contributed by atoms with Crippen LogP contribution in [0.5, 0.6) is 0 Å². The number of ether oxygens (including phenoxy) is 10. The molecule has 0 aromatic rings. The quantitative estimate of drug-likeness (QED) is 0.0989. The molecular formula is C80H110O28. The van der Waals surface area contributed by atoms with Crippen molar-refractivity contribution in [1.82, 2.24) is 0 Å². The summed E-state index contributed by atoms with van der Waals surface area (Å²) in [5.41, 5.74) is -8.86. The zero-order chi connectivity index (χ0) is 81.0. The van der Waals surface area contributed by atoms with E-state index in [0.717, 1.165) is 0 Å². The van der Waals surface area contributed by atoms with E-state index in [1.165, 1.54) is 69.2 Å². The Morgan fingerprint density at radius 1 is 0.296 bits per heavy atom. The summed E-state index contributed by atoms with van der Waals surface area (Å²) in [7, 11) is 0. The minimum absolute atomic E-state index is 0.123. The van der Waals surface area contributed by atoms with Gasteiger partial charge in [0, 0.05) is 121 Å². The van der Waals surface area contributed by atoms with Crippen molar-refractivity contribution in [1.29, 1.82) is 0 Å². The standard InChI is InChI=1S/C28H38O10.2C26H36O9/c1-12-17-9-18(35-13(2)29)21-27(8)11-19(36-14(3)30)25(38-16(5)32)26(6,7)22(27)20(37-15(4)31)24(34)28(21,10-17)23(12)33;2*1-11-15-8-16(30)19-25(7)10-17(33-12(2)27)23(35-14(4)29)24(5,6)20(25)18(34-13(3)28)22(32)26(19,9-15)21(11)31/h17-22,24-25,34H,1,9-11H2,2-8H3;2*15-20,22-23,30,32H,1,8-10H2,2-7H3/t17-,18+,19+,20-,21+,22-,24+,25+,27+,28+;15-,16+,17+,18-,19+,20-,22+,23+,25+,26+;15-,16-,17+,18-,19+,20-,22+,23+,25+,26+/m111/s1. The summed E-state index contributed by atoms with van der Waals surface area (Å²) in [6.07, 6.45) is -13.2. The van der Waals surface area contributed by atoms with Crippen molar-refractivity contribution < 1.29 is 135 Å². The fourth-order valence-electron chi connectivity index (χ4n) is 26.3. The van der Waals surface area contributed by atoms with Gasteiger partial charge in [0.1, 0.15) is 79.4 Å². The van der Waals surface area contributed by atoms with Gasteiger partial charge < -0.3 is 72.9 Å². The smallest absolute Gasteiger partial charge is 0.303 e. The molecule has 28 heteroatoms. The summed E-state index contributed by atoms with van der Waals surface area (Å²) >= 11 is 0. The number of fused-ring (bicyclic) bond motifs is 9. The van der Waals surface area contributed by atoms with Gasteiger partial charge in [0.05, 0.1) is 28.5 Å². The molecule has 12 aliphatic carbocycles. The van der Waals surface area contributed by atoms with Crippen LogP contribution in [0.3, 0.4) is 0 Å². The van der Waals surface area contributed by atoms with Gasteiger partial charge in [0.2, 0.25) is 0 Å². The lowest BCUT2D eigenvalue weighted by Gasteiger charge is -2.68. The highest BCUT2D eigenvalue weighted by Crippen LogP contribution is 2.76. The Labute approximate surface area is 629 Å². The number of hydrogen-bond donors (Lipinski definition) is 5. The number of ketones is 3. The highest BCUT2D eigenvalue weighted by molar-refractivity contribution is 6.05. The number of hydrogen-bond acceptors (Lipinski definition) is 28. The Hall–Kier alpha value is -7.27. The van der Waals surface area contributed by atoms with Crippen molar-refractivity contribution in [3.8, 4) is 0 Å². The molecule has 0 saturated heterocycles. The van der Waals surface area contributed by atoms with Gasteiger partial charge in [0.25, 0.3) is 0 Å². The molecule has 598 valence electrons. The second kappa shape index (κ2) is 28.2.